The molecule has 0 radical (unpaired) electrons. The van der Waals surface area contributed by atoms with Gasteiger partial charge in [-0.2, -0.15) is 0 Å². The molecule has 0 saturated heterocycles. The van der Waals surface area contributed by atoms with Crippen LogP contribution in [0.1, 0.15) is 15.9 Å². The van der Waals surface area contributed by atoms with Crippen molar-refractivity contribution in [2.45, 2.75) is 6.54 Å². The molecular formula is C16H15BrFNO2. The van der Waals surface area contributed by atoms with E-state index in [1.165, 1.54) is 19.2 Å². The van der Waals surface area contributed by atoms with Gasteiger partial charge in [-0.05, 0) is 35.9 Å². The second-order valence-electron chi connectivity index (χ2n) is 4.63. The Hall–Kier alpha value is -1.88. The van der Waals surface area contributed by atoms with Crippen LogP contribution in [0.15, 0.2) is 46.9 Å². The van der Waals surface area contributed by atoms with Crippen molar-refractivity contribution in [1.82, 2.24) is 0 Å². The number of hydrogen-bond donors (Lipinski definition) is 0. The number of ether oxygens (including phenoxy) is 1. The number of carbonyl (C=O) groups excluding carboxylic acids is 1. The number of methoxy groups -OCH3 is 1. The molecule has 3 nitrogen and oxygen atoms in total. The predicted octanol–water partition coefficient (Wildman–Crippen LogP) is 4.01. The summed E-state index contributed by atoms with van der Waals surface area (Å²) in [6, 6.07) is 11.7. The van der Waals surface area contributed by atoms with E-state index in [1.54, 1.807) is 18.2 Å². The normalized spacial score (nSPS) is 10.3. The second kappa shape index (κ2) is 6.72. The SMILES string of the molecule is COC(=O)c1ccc(CN(C)c2cccc(F)c2)c(Br)c1. The van der Waals surface area contributed by atoms with E-state index in [1.807, 2.05) is 24.1 Å². The van der Waals surface area contributed by atoms with Crippen molar-refractivity contribution in [3.63, 3.8) is 0 Å². The van der Waals surface area contributed by atoms with E-state index >= 15 is 0 Å². The Morgan fingerprint density at radius 3 is 2.67 bits per heavy atom. The van der Waals surface area contributed by atoms with Gasteiger partial charge in [0.1, 0.15) is 5.82 Å². The summed E-state index contributed by atoms with van der Waals surface area (Å²) in [4.78, 5) is 13.4. The Bertz CT molecular complexity index is 660. The molecule has 0 aliphatic carbocycles. The van der Waals surface area contributed by atoms with Gasteiger partial charge in [0, 0.05) is 23.8 Å². The van der Waals surface area contributed by atoms with Crippen molar-refractivity contribution in [3.05, 3.63) is 63.9 Å². The molecule has 0 amide bonds. The molecule has 0 aliphatic rings. The van der Waals surface area contributed by atoms with Gasteiger partial charge in [-0.15, -0.1) is 0 Å². The number of esters is 1. The van der Waals surface area contributed by atoms with Crippen LogP contribution in [-0.2, 0) is 11.3 Å². The number of halogens is 2. The van der Waals surface area contributed by atoms with E-state index in [0.29, 0.717) is 12.1 Å². The van der Waals surface area contributed by atoms with E-state index in [4.69, 9.17) is 0 Å². The summed E-state index contributed by atoms with van der Waals surface area (Å²) in [6.07, 6.45) is 0. The fraction of sp³-hybridized carbons (Fsp3) is 0.188. The summed E-state index contributed by atoms with van der Waals surface area (Å²) >= 11 is 3.45. The number of benzene rings is 2. The van der Waals surface area contributed by atoms with Gasteiger partial charge in [-0.3, -0.25) is 0 Å². The standard InChI is InChI=1S/C16H15BrFNO2/c1-19(14-5-3-4-13(18)9-14)10-12-7-6-11(8-15(12)17)16(20)21-2/h3-9H,10H2,1-2H3. The third kappa shape index (κ3) is 3.82. The van der Waals surface area contributed by atoms with Crippen LogP contribution in [-0.4, -0.2) is 20.1 Å². The topological polar surface area (TPSA) is 29.5 Å². The van der Waals surface area contributed by atoms with Gasteiger partial charge in [0.2, 0.25) is 0 Å². The highest BCUT2D eigenvalue weighted by Crippen LogP contribution is 2.23. The minimum absolute atomic E-state index is 0.264. The monoisotopic (exact) mass is 351 g/mol. The molecule has 0 spiro atoms. The molecule has 0 bridgehead atoms. The van der Waals surface area contributed by atoms with Crippen LogP contribution in [0.25, 0.3) is 0 Å². The van der Waals surface area contributed by atoms with Crippen LogP contribution in [0.2, 0.25) is 0 Å². The van der Waals surface area contributed by atoms with Gasteiger partial charge in [-0.25, -0.2) is 9.18 Å². The maximum absolute atomic E-state index is 13.2. The highest BCUT2D eigenvalue weighted by Gasteiger charge is 2.10. The zero-order chi connectivity index (χ0) is 15.4. The van der Waals surface area contributed by atoms with Crippen LogP contribution >= 0.6 is 15.9 Å². The van der Waals surface area contributed by atoms with Crippen molar-refractivity contribution < 1.29 is 13.9 Å². The fourth-order valence-corrected chi connectivity index (χ4v) is 2.48. The molecule has 2 aromatic rings. The average Bonchev–Trinajstić information content (AvgIpc) is 2.48. The molecule has 110 valence electrons. The maximum atomic E-state index is 13.2. The van der Waals surface area contributed by atoms with Crippen molar-refractivity contribution >= 4 is 27.6 Å². The Labute approximate surface area is 131 Å². The van der Waals surface area contributed by atoms with E-state index in [0.717, 1.165) is 15.7 Å². The first-order valence-electron chi connectivity index (χ1n) is 6.34. The first-order valence-corrected chi connectivity index (χ1v) is 7.14. The van der Waals surface area contributed by atoms with E-state index in [-0.39, 0.29) is 11.8 Å². The molecule has 0 saturated carbocycles. The van der Waals surface area contributed by atoms with Crippen LogP contribution in [0, 0.1) is 5.82 Å². The molecule has 0 N–H and O–H groups in total. The van der Waals surface area contributed by atoms with Gasteiger partial charge < -0.3 is 9.64 Å². The van der Waals surface area contributed by atoms with E-state index in [2.05, 4.69) is 20.7 Å². The lowest BCUT2D eigenvalue weighted by Gasteiger charge is -2.20. The highest BCUT2D eigenvalue weighted by molar-refractivity contribution is 9.10. The van der Waals surface area contributed by atoms with Gasteiger partial charge in [0.25, 0.3) is 0 Å². The molecule has 21 heavy (non-hydrogen) atoms. The third-order valence-corrected chi connectivity index (χ3v) is 3.87. The van der Waals surface area contributed by atoms with Crippen molar-refractivity contribution in [1.29, 1.82) is 0 Å². The second-order valence-corrected chi connectivity index (χ2v) is 5.49. The number of rotatable bonds is 4. The first kappa shape index (κ1) is 15.5. The molecule has 0 heterocycles. The molecule has 0 unspecified atom stereocenters. The average molecular weight is 352 g/mol. The zero-order valence-corrected chi connectivity index (χ0v) is 13.4. The number of anilines is 1. The third-order valence-electron chi connectivity index (χ3n) is 3.13. The minimum Gasteiger partial charge on any atom is -0.465 e. The van der Waals surface area contributed by atoms with Crippen molar-refractivity contribution in [2.75, 3.05) is 19.1 Å². The van der Waals surface area contributed by atoms with Gasteiger partial charge >= 0.3 is 5.97 Å². The van der Waals surface area contributed by atoms with Gasteiger partial charge in [0.15, 0.2) is 0 Å². The Morgan fingerprint density at radius 2 is 2.05 bits per heavy atom. The highest BCUT2D eigenvalue weighted by atomic mass is 79.9. The molecular weight excluding hydrogens is 337 g/mol. The van der Waals surface area contributed by atoms with Gasteiger partial charge in [-0.1, -0.05) is 28.1 Å². The quantitative estimate of drug-likeness (QED) is 0.779. The molecule has 5 heteroatoms. The summed E-state index contributed by atoms with van der Waals surface area (Å²) in [7, 11) is 3.23. The molecule has 2 aromatic carbocycles. The molecule has 0 atom stereocenters. The lowest BCUT2D eigenvalue weighted by atomic mass is 10.1. The summed E-state index contributed by atoms with van der Waals surface area (Å²) in [5.41, 5.74) is 2.27. The zero-order valence-electron chi connectivity index (χ0n) is 11.8. The molecule has 0 fully saturated rings. The maximum Gasteiger partial charge on any atom is 0.337 e. The number of hydrogen-bond acceptors (Lipinski definition) is 3. The molecule has 2 rings (SSSR count). The summed E-state index contributed by atoms with van der Waals surface area (Å²) < 4.78 is 18.7. The van der Waals surface area contributed by atoms with Crippen LogP contribution in [0.3, 0.4) is 0 Å². The van der Waals surface area contributed by atoms with E-state index in [9.17, 15) is 9.18 Å². The lowest BCUT2D eigenvalue weighted by molar-refractivity contribution is 0.0600. The van der Waals surface area contributed by atoms with E-state index < -0.39 is 0 Å². The molecule has 0 aliphatic heterocycles. The summed E-state index contributed by atoms with van der Waals surface area (Å²) in [6.45, 7) is 0.589. The first-order chi connectivity index (χ1) is 10.0. The Morgan fingerprint density at radius 1 is 1.29 bits per heavy atom. The largest absolute Gasteiger partial charge is 0.465 e. The number of carbonyl (C=O) groups is 1. The summed E-state index contributed by atoms with van der Waals surface area (Å²) in [5.74, 6) is -0.639. The van der Waals surface area contributed by atoms with Crippen LogP contribution in [0.5, 0.6) is 0 Å². The summed E-state index contributed by atoms with van der Waals surface area (Å²) in [5, 5.41) is 0. The Balaban J connectivity index is 2.18. The lowest BCUT2D eigenvalue weighted by Crippen LogP contribution is -2.17. The smallest absolute Gasteiger partial charge is 0.337 e. The van der Waals surface area contributed by atoms with Crippen molar-refractivity contribution in [2.24, 2.45) is 0 Å². The van der Waals surface area contributed by atoms with Gasteiger partial charge in [0.05, 0.1) is 12.7 Å². The van der Waals surface area contributed by atoms with Crippen LogP contribution < -0.4 is 4.90 Å². The van der Waals surface area contributed by atoms with Crippen molar-refractivity contribution in [3.8, 4) is 0 Å². The minimum atomic E-state index is -0.374. The predicted molar refractivity (Wildman–Crippen MR) is 84.0 cm³/mol. The van der Waals surface area contributed by atoms with Crippen LogP contribution in [0.4, 0.5) is 10.1 Å². The number of nitrogens with zero attached hydrogens (tertiary/aromatic N) is 1. The fourth-order valence-electron chi connectivity index (χ4n) is 1.98. The molecule has 0 aromatic heterocycles. The Kier molecular flexibility index (Phi) is 4.96.